The van der Waals surface area contributed by atoms with Gasteiger partial charge in [0.15, 0.2) is 0 Å². The molecule has 0 fully saturated rings. The van der Waals surface area contributed by atoms with Crippen LogP contribution in [-0.2, 0) is 11.2 Å². The largest absolute Gasteiger partial charge is 0.384 e. The van der Waals surface area contributed by atoms with Crippen molar-refractivity contribution in [3.8, 4) is 0 Å². The van der Waals surface area contributed by atoms with E-state index < -0.39 is 0 Å². The molecule has 4 nitrogen and oxygen atoms in total. The summed E-state index contributed by atoms with van der Waals surface area (Å²) >= 11 is 0. The molecule has 0 aliphatic carbocycles. The molecule has 0 amide bonds. The van der Waals surface area contributed by atoms with Gasteiger partial charge in [0.25, 0.3) is 0 Å². The Balaban J connectivity index is 2.96. The van der Waals surface area contributed by atoms with Gasteiger partial charge in [-0.05, 0) is 50.4 Å². The fraction of sp³-hybridized carbons (Fsp3) is 0.688. The highest BCUT2D eigenvalue weighted by atomic mass is 16.5. The molecule has 1 aromatic rings. The molecule has 3 N–H and O–H groups in total. The van der Waals surface area contributed by atoms with Crippen molar-refractivity contribution in [2.24, 2.45) is 0 Å². The van der Waals surface area contributed by atoms with Gasteiger partial charge in [0.2, 0.25) is 0 Å². The third-order valence-electron chi connectivity index (χ3n) is 4.00. The number of nitrogens with two attached hydrogens (primary N) is 1. The normalized spacial score (nSPS) is 13.4. The fourth-order valence-corrected chi connectivity index (χ4v) is 2.88. The predicted octanol–water partition coefficient (Wildman–Crippen LogP) is 2.78. The minimum absolute atomic E-state index is 0.122. The van der Waals surface area contributed by atoms with Gasteiger partial charge in [-0.2, -0.15) is 0 Å². The molecule has 1 heterocycles. The highest BCUT2D eigenvalue weighted by Gasteiger charge is 2.35. The number of anilines is 1. The van der Waals surface area contributed by atoms with E-state index in [1.165, 1.54) is 5.56 Å². The number of nitrogen functional groups attached to an aromatic ring is 1. The van der Waals surface area contributed by atoms with Crippen molar-refractivity contribution in [1.82, 2.24) is 10.3 Å². The Morgan fingerprint density at radius 3 is 2.50 bits per heavy atom. The molecule has 20 heavy (non-hydrogen) atoms. The van der Waals surface area contributed by atoms with Crippen LogP contribution in [0, 0.1) is 0 Å². The van der Waals surface area contributed by atoms with Crippen molar-refractivity contribution in [3.63, 3.8) is 0 Å². The number of ether oxygens (including phenoxy) is 1. The van der Waals surface area contributed by atoms with E-state index in [2.05, 4.69) is 38.0 Å². The SMILES string of the molecule is CCNC(Cc1ccnc(N)c1)C(CC)(CC)OCC. The molecule has 1 unspecified atom stereocenters. The quantitative estimate of drug-likeness (QED) is 0.729. The Hall–Kier alpha value is -1.13. The van der Waals surface area contributed by atoms with Gasteiger partial charge >= 0.3 is 0 Å². The highest BCUT2D eigenvalue weighted by molar-refractivity contribution is 5.32. The van der Waals surface area contributed by atoms with E-state index >= 15 is 0 Å². The molecule has 0 saturated heterocycles. The topological polar surface area (TPSA) is 60.2 Å². The van der Waals surface area contributed by atoms with E-state index in [0.29, 0.717) is 5.82 Å². The maximum Gasteiger partial charge on any atom is 0.123 e. The van der Waals surface area contributed by atoms with Gasteiger partial charge in [-0.25, -0.2) is 4.98 Å². The maximum absolute atomic E-state index is 6.14. The number of hydrogen-bond donors (Lipinski definition) is 2. The smallest absolute Gasteiger partial charge is 0.123 e. The molecule has 4 heteroatoms. The summed E-state index contributed by atoms with van der Waals surface area (Å²) in [5.74, 6) is 0.577. The second-order valence-corrected chi connectivity index (χ2v) is 5.11. The second kappa shape index (κ2) is 8.22. The molecule has 0 aliphatic heterocycles. The van der Waals surface area contributed by atoms with Gasteiger partial charge in [-0.3, -0.25) is 0 Å². The number of rotatable bonds is 9. The van der Waals surface area contributed by atoms with Crippen LogP contribution in [0.15, 0.2) is 18.3 Å². The summed E-state index contributed by atoms with van der Waals surface area (Å²) in [6.07, 6.45) is 4.67. The molecule has 0 spiro atoms. The molecule has 0 saturated carbocycles. The monoisotopic (exact) mass is 279 g/mol. The molecular formula is C16H29N3O. The van der Waals surface area contributed by atoms with E-state index in [1.807, 2.05) is 12.1 Å². The van der Waals surface area contributed by atoms with Crippen LogP contribution in [0.3, 0.4) is 0 Å². The van der Waals surface area contributed by atoms with Crippen LogP contribution >= 0.6 is 0 Å². The minimum atomic E-state index is -0.122. The Morgan fingerprint density at radius 1 is 1.30 bits per heavy atom. The van der Waals surface area contributed by atoms with Crippen LogP contribution in [0.4, 0.5) is 5.82 Å². The van der Waals surface area contributed by atoms with Crippen molar-refractivity contribution in [2.45, 2.75) is 58.6 Å². The van der Waals surface area contributed by atoms with Crippen LogP contribution in [0.1, 0.15) is 46.1 Å². The number of nitrogens with zero attached hydrogens (tertiary/aromatic N) is 1. The fourth-order valence-electron chi connectivity index (χ4n) is 2.88. The van der Waals surface area contributed by atoms with Gasteiger partial charge in [0.1, 0.15) is 5.82 Å². The summed E-state index contributed by atoms with van der Waals surface area (Å²) in [6, 6.07) is 4.26. The van der Waals surface area contributed by atoms with E-state index in [-0.39, 0.29) is 11.6 Å². The summed E-state index contributed by atoms with van der Waals surface area (Å²) < 4.78 is 6.14. The van der Waals surface area contributed by atoms with Gasteiger partial charge in [-0.15, -0.1) is 0 Å². The molecule has 0 radical (unpaired) electrons. The predicted molar refractivity (Wildman–Crippen MR) is 84.8 cm³/mol. The molecule has 0 aromatic carbocycles. The maximum atomic E-state index is 6.14. The molecule has 114 valence electrons. The lowest BCUT2D eigenvalue weighted by Crippen LogP contribution is -2.53. The first-order valence-electron chi connectivity index (χ1n) is 7.69. The summed E-state index contributed by atoms with van der Waals surface area (Å²) in [5.41, 5.74) is 6.86. The lowest BCUT2D eigenvalue weighted by molar-refractivity contribution is -0.0715. The van der Waals surface area contributed by atoms with E-state index in [4.69, 9.17) is 10.5 Å². The summed E-state index contributed by atoms with van der Waals surface area (Å²) in [6.45, 7) is 10.3. The highest BCUT2D eigenvalue weighted by Crippen LogP contribution is 2.27. The van der Waals surface area contributed by atoms with Crippen molar-refractivity contribution >= 4 is 5.82 Å². The molecule has 0 aliphatic rings. The van der Waals surface area contributed by atoms with Crippen LogP contribution < -0.4 is 11.1 Å². The minimum Gasteiger partial charge on any atom is -0.384 e. The zero-order valence-corrected chi connectivity index (χ0v) is 13.3. The Bertz CT molecular complexity index is 391. The lowest BCUT2D eigenvalue weighted by atomic mass is 9.84. The lowest BCUT2D eigenvalue weighted by Gasteiger charge is -2.40. The van der Waals surface area contributed by atoms with Crippen LogP contribution in [0.25, 0.3) is 0 Å². The Labute approximate surface area is 123 Å². The average Bonchev–Trinajstić information content (AvgIpc) is 2.45. The van der Waals surface area contributed by atoms with Gasteiger partial charge in [0.05, 0.1) is 5.60 Å². The van der Waals surface area contributed by atoms with Crippen molar-refractivity contribution in [1.29, 1.82) is 0 Å². The Kier molecular flexibility index (Phi) is 6.96. The summed E-state index contributed by atoms with van der Waals surface area (Å²) in [7, 11) is 0. The van der Waals surface area contributed by atoms with Crippen molar-refractivity contribution < 1.29 is 4.74 Å². The molecular weight excluding hydrogens is 250 g/mol. The number of likely N-dealkylation sites (N-methyl/N-ethyl adjacent to an activating group) is 1. The third-order valence-corrected chi connectivity index (χ3v) is 4.00. The molecule has 1 aromatic heterocycles. The summed E-state index contributed by atoms with van der Waals surface area (Å²) in [5, 5.41) is 3.59. The zero-order chi connectivity index (χ0) is 15.0. The van der Waals surface area contributed by atoms with Crippen LogP contribution in [0.5, 0.6) is 0 Å². The Morgan fingerprint density at radius 2 is 2.00 bits per heavy atom. The third kappa shape index (κ3) is 4.18. The van der Waals surface area contributed by atoms with Gasteiger partial charge in [-0.1, -0.05) is 20.8 Å². The summed E-state index contributed by atoms with van der Waals surface area (Å²) in [4.78, 5) is 4.06. The van der Waals surface area contributed by atoms with E-state index in [1.54, 1.807) is 6.20 Å². The van der Waals surface area contributed by atoms with Crippen molar-refractivity contribution in [3.05, 3.63) is 23.9 Å². The van der Waals surface area contributed by atoms with Crippen molar-refractivity contribution in [2.75, 3.05) is 18.9 Å². The number of nitrogens with one attached hydrogen (secondary N) is 1. The van der Waals surface area contributed by atoms with E-state index in [0.717, 1.165) is 32.4 Å². The average molecular weight is 279 g/mol. The second-order valence-electron chi connectivity index (χ2n) is 5.11. The number of hydrogen-bond acceptors (Lipinski definition) is 4. The first kappa shape index (κ1) is 16.9. The number of aromatic nitrogens is 1. The van der Waals surface area contributed by atoms with E-state index in [9.17, 15) is 0 Å². The van der Waals surface area contributed by atoms with Gasteiger partial charge in [0, 0.05) is 18.8 Å². The standard InChI is InChI=1S/C16H29N3O/c1-5-16(6-2,20-8-4)14(18-7-3)11-13-9-10-19-15(17)12-13/h9-10,12,14,18H,5-8,11H2,1-4H3,(H2,17,19). The van der Waals surface area contributed by atoms with Gasteiger partial charge < -0.3 is 15.8 Å². The molecule has 0 bridgehead atoms. The van der Waals surface area contributed by atoms with Crippen LogP contribution in [-0.4, -0.2) is 29.8 Å². The molecule has 1 rings (SSSR count). The zero-order valence-electron chi connectivity index (χ0n) is 13.3. The first-order valence-corrected chi connectivity index (χ1v) is 7.69. The molecule has 1 atom stereocenters. The number of pyridine rings is 1. The van der Waals surface area contributed by atoms with Crippen LogP contribution in [0.2, 0.25) is 0 Å². The first-order chi connectivity index (χ1) is 9.61.